The predicted octanol–water partition coefficient (Wildman–Crippen LogP) is 10.5. The van der Waals surface area contributed by atoms with Crippen LogP contribution in [0.2, 0.25) is 33.2 Å². The zero-order valence-corrected chi connectivity index (χ0v) is 34.4. The molecule has 1 saturated heterocycles. The fraction of sp³-hybridized carbons (Fsp3) is 0.675. The van der Waals surface area contributed by atoms with Gasteiger partial charge in [-0.3, -0.25) is 4.79 Å². The highest BCUT2D eigenvalue weighted by Crippen LogP contribution is 2.49. The van der Waals surface area contributed by atoms with Crippen molar-refractivity contribution in [3.05, 3.63) is 65.7 Å². The van der Waals surface area contributed by atoms with E-state index in [1.165, 1.54) is 5.56 Å². The highest BCUT2D eigenvalue weighted by Gasteiger charge is 2.58. The minimum atomic E-state index is -2.43. The summed E-state index contributed by atoms with van der Waals surface area (Å²) >= 11 is 0. The molecule has 6 nitrogen and oxygen atoms in total. The predicted molar refractivity (Wildman–Crippen MR) is 205 cm³/mol. The van der Waals surface area contributed by atoms with Gasteiger partial charge in [0.2, 0.25) is 16.6 Å². The summed E-state index contributed by atoms with van der Waals surface area (Å²) in [6.07, 6.45) is 0.656. The lowest BCUT2D eigenvalue weighted by Crippen LogP contribution is -2.57. The minimum absolute atomic E-state index is 0.0732. The van der Waals surface area contributed by atoms with Crippen LogP contribution in [0, 0.1) is 0 Å². The van der Waals surface area contributed by atoms with Crippen molar-refractivity contribution in [1.29, 1.82) is 0 Å². The molecule has 0 spiro atoms. The molecule has 1 fully saturated rings. The van der Waals surface area contributed by atoms with Gasteiger partial charge in [0.05, 0.1) is 25.9 Å². The van der Waals surface area contributed by atoms with Gasteiger partial charge >= 0.3 is 0 Å². The normalized spacial score (nSPS) is 19.3. The lowest BCUT2D eigenvalue weighted by Gasteiger charge is -2.48. The molecular formula is C40H67NO5Si2. The summed E-state index contributed by atoms with van der Waals surface area (Å²) in [6, 6.07) is 18.3. The van der Waals surface area contributed by atoms with Crippen LogP contribution in [0.3, 0.4) is 0 Å². The summed E-state index contributed by atoms with van der Waals surface area (Å²) in [5, 5.41) is 0. The summed E-state index contributed by atoms with van der Waals surface area (Å²) in [6.45, 7) is 29.5. The summed E-state index contributed by atoms with van der Waals surface area (Å²) < 4.78 is 26.8. The third-order valence-electron chi connectivity index (χ3n) is 11.1. The second kappa shape index (κ2) is 17.8. The Bertz CT molecular complexity index is 1200. The van der Waals surface area contributed by atoms with Crippen LogP contribution in [0.5, 0.6) is 5.75 Å². The van der Waals surface area contributed by atoms with Crippen LogP contribution in [-0.2, 0) is 31.5 Å². The van der Waals surface area contributed by atoms with E-state index in [-0.39, 0.29) is 18.1 Å². The SMILES string of the molecule is COc1ccc(CN2C(=O)[C@@H](O[Si](C(C)C)(C(C)C)C(C)C)[C@H](O[Si](C(C)C)(C(C)C)C(C)C)[C@H]2CCCOCc2ccccc2)cc1. The van der Waals surface area contributed by atoms with Crippen LogP contribution in [0.25, 0.3) is 0 Å². The smallest absolute Gasteiger partial charge is 0.253 e. The Kier molecular flexibility index (Phi) is 15.0. The van der Waals surface area contributed by atoms with Crippen LogP contribution in [0.4, 0.5) is 0 Å². The van der Waals surface area contributed by atoms with Gasteiger partial charge in [-0.15, -0.1) is 0 Å². The molecular weight excluding hydrogens is 631 g/mol. The Balaban J connectivity index is 2.10. The van der Waals surface area contributed by atoms with Crippen molar-refractivity contribution in [2.75, 3.05) is 13.7 Å². The van der Waals surface area contributed by atoms with E-state index in [1.807, 2.05) is 30.3 Å². The van der Waals surface area contributed by atoms with E-state index in [0.717, 1.165) is 24.2 Å². The Hall–Kier alpha value is -1.98. The number of hydrogen-bond acceptors (Lipinski definition) is 5. The molecule has 0 N–H and O–H groups in total. The van der Waals surface area contributed by atoms with Gasteiger partial charge in [0, 0.05) is 13.2 Å². The quantitative estimate of drug-likeness (QED) is 0.108. The highest BCUT2D eigenvalue weighted by atomic mass is 28.4. The van der Waals surface area contributed by atoms with Crippen molar-refractivity contribution in [1.82, 2.24) is 4.90 Å². The first kappa shape index (κ1) is 40.5. The largest absolute Gasteiger partial charge is 0.497 e. The van der Waals surface area contributed by atoms with Gasteiger partial charge in [-0.25, -0.2) is 0 Å². The van der Waals surface area contributed by atoms with Gasteiger partial charge in [0.15, 0.2) is 6.10 Å². The third-order valence-corrected chi connectivity index (χ3v) is 23.3. The molecule has 3 atom stereocenters. The van der Waals surface area contributed by atoms with Gasteiger partial charge in [0.25, 0.3) is 5.91 Å². The van der Waals surface area contributed by atoms with Crippen LogP contribution >= 0.6 is 0 Å². The van der Waals surface area contributed by atoms with Crippen molar-refractivity contribution in [2.24, 2.45) is 0 Å². The van der Waals surface area contributed by atoms with E-state index < -0.39 is 22.7 Å². The molecule has 2 aromatic carbocycles. The third kappa shape index (κ3) is 8.84. The van der Waals surface area contributed by atoms with Crippen LogP contribution in [-0.4, -0.2) is 59.4 Å². The molecule has 0 aliphatic carbocycles. The fourth-order valence-electron chi connectivity index (χ4n) is 8.98. The molecule has 1 aliphatic heterocycles. The molecule has 0 aromatic heterocycles. The summed E-state index contributed by atoms with van der Waals surface area (Å²) in [7, 11) is -3.14. The van der Waals surface area contributed by atoms with Crippen molar-refractivity contribution in [3.8, 4) is 5.75 Å². The van der Waals surface area contributed by atoms with E-state index in [0.29, 0.717) is 53.0 Å². The summed E-state index contributed by atoms with van der Waals surface area (Å²) in [5.74, 6) is 0.883. The van der Waals surface area contributed by atoms with E-state index in [4.69, 9.17) is 18.3 Å². The van der Waals surface area contributed by atoms with E-state index in [1.54, 1.807) is 7.11 Å². The monoisotopic (exact) mass is 697 g/mol. The second-order valence-electron chi connectivity index (χ2n) is 15.8. The number of ether oxygens (including phenoxy) is 2. The van der Waals surface area contributed by atoms with Crippen molar-refractivity contribution in [2.45, 2.75) is 161 Å². The molecule has 1 heterocycles. The molecule has 2 aromatic rings. The van der Waals surface area contributed by atoms with Crippen molar-refractivity contribution < 1.29 is 23.1 Å². The topological polar surface area (TPSA) is 57.2 Å². The van der Waals surface area contributed by atoms with E-state index in [2.05, 4.69) is 112 Å². The minimum Gasteiger partial charge on any atom is -0.497 e. The number of carbonyl (C=O) groups is 1. The first-order valence-corrected chi connectivity index (χ1v) is 22.8. The van der Waals surface area contributed by atoms with Crippen molar-refractivity contribution in [3.63, 3.8) is 0 Å². The number of rotatable bonds is 19. The van der Waals surface area contributed by atoms with E-state index >= 15 is 0 Å². The Morgan fingerprint density at radius 1 is 0.667 bits per heavy atom. The van der Waals surface area contributed by atoms with Crippen LogP contribution in [0.15, 0.2) is 54.6 Å². The maximum absolute atomic E-state index is 15.0. The molecule has 0 radical (unpaired) electrons. The molecule has 270 valence electrons. The van der Waals surface area contributed by atoms with Gasteiger partial charge < -0.3 is 23.2 Å². The molecule has 3 rings (SSSR count). The standard InChI is InChI=1S/C40H67NO5Si2/c1-28(2)47(29(3)4,30(5)6)45-38-37(20-17-25-44-27-35-18-15-14-16-19-35)41(26-34-21-23-36(43-13)24-22-34)40(42)39(38)46-48(31(7)8,32(9)10)33(11)12/h14-16,18-19,21-24,28-33,37-39H,17,20,25-27H2,1-13H3/t37-,38-,39+/m1/s1. The summed E-state index contributed by atoms with van der Waals surface area (Å²) in [5.41, 5.74) is 4.48. The number of likely N-dealkylation sites (tertiary alicyclic amines) is 1. The first-order chi connectivity index (χ1) is 22.6. The molecule has 8 heteroatoms. The average Bonchev–Trinajstić information content (AvgIpc) is 3.26. The number of amides is 1. The Morgan fingerprint density at radius 3 is 1.65 bits per heavy atom. The lowest BCUT2D eigenvalue weighted by molar-refractivity contribution is -0.136. The lowest BCUT2D eigenvalue weighted by atomic mass is 10.0. The fourth-order valence-corrected chi connectivity index (χ4v) is 20.0. The van der Waals surface area contributed by atoms with Gasteiger partial charge in [-0.1, -0.05) is 126 Å². The van der Waals surface area contributed by atoms with Crippen molar-refractivity contribution >= 4 is 22.5 Å². The van der Waals surface area contributed by atoms with Crippen LogP contribution < -0.4 is 4.74 Å². The number of nitrogens with zero attached hydrogens (tertiary/aromatic N) is 1. The van der Waals surface area contributed by atoms with Crippen LogP contribution in [0.1, 0.15) is 107 Å². The molecule has 0 bridgehead atoms. The maximum Gasteiger partial charge on any atom is 0.253 e. The molecule has 1 amide bonds. The van der Waals surface area contributed by atoms with Gasteiger partial charge in [-0.05, 0) is 69.3 Å². The highest BCUT2D eigenvalue weighted by molar-refractivity contribution is 6.78. The van der Waals surface area contributed by atoms with E-state index in [9.17, 15) is 4.79 Å². The molecule has 0 saturated carbocycles. The Morgan fingerprint density at radius 2 is 1.17 bits per heavy atom. The van der Waals surface area contributed by atoms with Gasteiger partial charge in [-0.2, -0.15) is 0 Å². The number of benzene rings is 2. The molecule has 0 unspecified atom stereocenters. The second-order valence-corrected chi connectivity index (χ2v) is 26.6. The molecule has 48 heavy (non-hydrogen) atoms. The number of methoxy groups -OCH3 is 1. The number of carbonyl (C=O) groups excluding carboxylic acids is 1. The molecule has 1 aliphatic rings. The zero-order valence-electron chi connectivity index (χ0n) is 32.4. The maximum atomic E-state index is 15.0. The van der Waals surface area contributed by atoms with Gasteiger partial charge in [0.1, 0.15) is 5.75 Å². The average molecular weight is 698 g/mol. The Labute approximate surface area is 295 Å². The summed E-state index contributed by atoms with van der Waals surface area (Å²) in [4.78, 5) is 17.1. The number of hydrogen-bond donors (Lipinski definition) is 0. The zero-order chi connectivity index (χ0) is 35.8. The first-order valence-electron chi connectivity index (χ1n) is 18.5.